The number of nitro groups is 1. The normalized spacial score (nSPS) is 8.88. The minimum absolute atomic E-state index is 0.0143. The Hall–Kier alpha value is -2.73. The number of carbonyl (C=O) groups excluding carboxylic acids is 1. The third-order valence-electron chi connectivity index (χ3n) is 2.00. The molecule has 0 amide bonds. The molecule has 0 heterocycles. The van der Waals surface area contributed by atoms with Crippen LogP contribution >= 0.6 is 0 Å². The number of nitriles is 2. The van der Waals surface area contributed by atoms with E-state index < -0.39 is 10.6 Å². The highest BCUT2D eigenvalue weighted by Gasteiger charge is 2.22. The molecule has 0 fully saturated rings. The molecule has 0 saturated carbocycles. The molecule has 0 aromatic heterocycles. The van der Waals surface area contributed by atoms with Crippen LogP contribution in [0.25, 0.3) is 0 Å². The summed E-state index contributed by atoms with van der Waals surface area (Å²) >= 11 is 0. The molecule has 1 aromatic carbocycles. The van der Waals surface area contributed by atoms with Gasteiger partial charge in [0.2, 0.25) is 0 Å². The maximum atomic E-state index is 10.8. The first-order valence-corrected chi connectivity index (χ1v) is 4.18. The summed E-state index contributed by atoms with van der Waals surface area (Å²) in [6.07, 6.45) is 0.0566. The summed E-state index contributed by atoms with van der Waals surface area (Å²) in [4.78, 5) is 20.6. The van der Waals surface area contributed by atoms with Crippen molar-refractivity contribution >= 4 is 12.0 Å². The molecule has 0 bridgehead atoms. The average Bonchev–Trinajstić information content (AvgIpc) is 2.28. The van der Waals surface area contributed by atoms with Gasteiger partial charge in [-0.2, -0.15) is 10.5 Å². The van der Waals surface area contributed by atoms with Crippen LogP contribution < -0.4 is 0 Å². The summed E-state index contributed by atoms with van der Waals surface area (Å²) < 4.78 is 0. The van der Waals surface area contributed by atoms with E-state index in [9.17, 15) is 14.9 Å². The smallest absolute Gasteiger partial charge is 0.285 e. The molecule has 1 aromatic rings. The van der Waals surface area contributed by atoms with Gasteiger partial charge in [0.25, 0.3) is 5.69 Å². The number of hydrogen-bond donors (Lipinski definition) is 0. The lowest BCUT2D eigenvalue weighted by atomic mass is 10.00. The highest BCUT2D eigenvalue weighted by Crippen LogP contribution is 2.26. The van der Waals surface area contributed by atoms with E-state index in [-0.39, 0.29) is 23.1 Å². The average molecular weight is 215 g/mol. The fourth-order valence-corrected chi connectivity index (χ4v) is 1.33. The standard InChI is InChI=1S/C10H5N3O3/c11-4-3-9-7(5-12)1-2-8(6-14)10(9)13(15)16/h1-2,6H,3H2. The lowest BCUT2D eigenvalue weighted by Crippen LogP contribution is -2.02. The molecular weight excluding hydrogens is 210 g/mol. The zero-order valence-electron chi connectivity index (χ0n) is 8.01. The summed E-state index contributed by atoms with van der Waals surface area (Å²) in [5.41, 5.74) is -0.566. The molecule has 1 rings (SSSR count). The molecule has 78 valence electrons. The first-order valence-electron chi connectivity index (χ1n) is 4.18. The van der Waals surface area contributed by atoms with Gasteiger partial charge in [0.05, 0.1) is 40.2 Å². The van der Waals surface area contributed by atoms with E-state index >= 15 is 0 Å². The molecule has 6 heteroatoms. The van der Waals surface area contributed by atoms with E-state index in [1.807, 2.05) is 0 Å². The Balaban J connectivity index is 3.62. The van der Waals surface area contributed by atoms with Crippen LogP contribution in [0.2, 0.25) is 0 Å². The van der Waals surface area contributed by atoms with Crippen LogP contribution in [0.15, 0.2) is 12.1 Å². The Bertz CT molecular complexity index is 537. The Kier molecular flexibility index (Phi) is 3.31. The zero-order valence-corrected chi connectivity index (χ0v) is 8.01. The largest absolute Gasteiger partial charge is 0.298 e. The number of nitro benzene ring substituents is 1. The van der Waals surface area contributed by atoms with E-state index in [4.69, 9.17) is 10.5 Å². The Morgan fingerprint density at radius 2 is 2.12 bits per heavy atom. The second-order valence-corrected chi connectivity index (χ2v) is 2.85. The molecule has 0 radical (unpaired) electrons. The quantitative estimate of drug-likeness (QED) is 0.429. The first kappa shape index (κ1) is 11.3. The van der Waals surface area contributed by atoms with Crippen LogP contribution in [-0.2, 0) is 6.42 Å². The van der Waals surface area contributed by atoms with E-state index in [1.54, 1.807) is 12.1 Å². The van der Waals surface area contributed by atoms with Gasteiger partial charge in [0, 0.05) is 0 Å². The molecule has 0 aliphatic heterocycles. The summed E-state index contributed by atoms with van der Waals surface area (Å²) in [5.74, 6) is 0. The fourth-order valence-electron chi connectivity index (χ4n) is 1.33. The monoisotopic (exact) mass is 215 g/mol. The van der Waals surface area contributed by atoms with Crippen LogP contribution in [-0.4, -0.2) is 11.2 Å². The van der Waals surface area contributed by atoms with Crippen molar-refractivity contribution in [3.05, 3.63) is 38.9 Å². The first-order chi connectivity index (χ1) is 7.65. The molecule has 0 unspecified atom stereocenters. The zero-order chi connectivity index (χ0) is 12.1. The molecule has 0 aliphatic rings. The van der Waals surface area contributed by atoms with Gasteiger partial charge in [-0.3, -0.25) is 14.9 Å². The van der Waals surface area contributed by atoms with Gasteiger partial charge in [-0.25, -0.2) is 0 Å². The number of benzene rings is 1. The highest BCUT2D eigenvalue weighted by molar-refractivity contribution is 5.83. The van der Waals surface area contributed by atoms with Gasteiger partial charge in [-0.15, -0.1) is 0 Å². The Morgan fingerprint density at radius 3 is 2.56 bits per heavy atom. The van der Waals surface area contributed by atoms with Crippen molar-refractivity contribution in [2.24, 2.45) is 0 Å². The van der Waals surface area contributed by atoms with E-state index in [0.717, 1.165) is 0 Å². The van der Waals surface area contributed by atoms with Gasteiger partial charge in [0.1, 0.15) is 0 Å². The van der Waals surface area contributed by atoms with Gasteiger partial charge in [-0.05, 0) is 12.1 Å². The molecule has 0 saturated heterocycles. The molecule has 6 nitrogen and oxygen atoms in total. The van der Waals surface area contributed by atoms with Gasteiger partial charge < -0.3 is 0 Å². The van der Waals surface area contributed by atoms with Crippen LogP contribution in [0.3, 0.4) is 0 Å². The molecule has 0 atom stereocenters. The second-order valence-electron chi connectivity index (χ2n) is 2.85. The summed E-state index contributed by atoms with van der Waals surface area (Å²) in [7, 11) is 0. The van der Waals surface area contributed by atoms with Crippen molar-refractivity contribution < 1.29 is 9.72 Å². The van der Waals surface area contributed by atoms with Crippen molar-refractivity contribution in [2.45, 2.75) is 6.42 Å². The predicted octanol–water partition coefficient (Wildman–Crippen LogP) is 1.35. The number of carbonyl (C=O) groups is 1. The number of nitrogens with zero attached hydrogens (tertiary/aromatic N) is 3. The summed E-state index contributed by atoms with van der Waals surface area (Å²) in [6, 6.07) is 5.98. The van der Waals surface area contributed by atoms with Crippen molar-refractivity contribution in [1.29, 1.82) is 10.5 Å². The minimum Gasteiger partial charge on any atom is -0.298 e. The lowest BCUT2D eigenvalue weighted by molar-refractivity contribution is -0.385. The maximum Gasteiger partial charge on any atom is 0.285 e. The van der Waals surface area contributed by atoms with Crippen molar-refractivity contribution in [3.63, 3.8) is 0 Å². The molecule has 0 spiro atoms. The number of rotatable bonds is 3. The molecule has 16 heavy (non-hydrogen) atoms. The Morgan fingerprint density at radius 1 is 1.44 bits per heavy atom. The second kappa shape index (κ2) is 4.67. The predicted molar refractivity (Wildman–Crippen MR) is 52.5 cm³/mol. The summed E-state index contributed by atoms with van der Waals surface area (Å²) in [6.45, 7) is 0. The van der Waals surface area contributed by atoms with Crippen LogP contribution in [0.5, 0.6) is 0 Å². The minimum atomic E-state index is -0.753. The van der Waals surface area contributed by atoms with E-state index in [2.05, 4.69) is 0 Å². The topological polar surface area (TPSA) is 108 Å². The van der Waals surface area contributed by atoms with Crippen molar-refractivity contribution in [3.8, 4) is 12.1 Å². The highest BCUT2D eigenvalue weighted by atomic mass is 16.6. The fraction of sp³-hybridized carbons (Fsp3) is 0.100. The van der Waals surface area contributed by atoms with Crippen molar-refractivity contribution in [2.75, 3.05) is 0 Å². The van der Waals surface area contributed by atoms with Gasteiger partial charge >= 0.3 is 0 Å². The lowest BCUT2D eigenvalue weighted by Gasteiger charge is -2.02. The van der Waals surface area contributed by atoms with Crippen LogP contribution in [0, 0.1) is 32.8 Å². The third kappa shape index (κ3) is 1.86. The van der Waals surface area contributed by atoms with E-state index in [0.29, 0.717) is 6.29 Å². The molecular formula is C10H5N3O3. The van der Waals surface area contributed by atoms with Crippen LogP contribution in [0.4, 0.5) is 5.69 Å². The van der Waals surface area contributed by atoms with Crippen molar-refractivity contribution in [1.82, 2.24) is 0 Å². The molecule has 0 N–H and O–H groups in total. The van der Waals surface area contributed by atoms with Gasteiger partial charge in [0.15, 0.2) is 6.29 Å². The van der Waals surface area contributed by atoms with E-state index in [1.165, 1.54) is 12.1 Å². The van der Waals surface area contributed by atoms with Crippen LogP contribution in [0.1, 0.15) is 21.5 Å². The number of aldehydes is 1. The Labute approximate surface area is 90.5 Å². The number of hydrogen-bond acceptors (Lipinski definition) is 5. The summed E-state index contributed by atoms with van der Waals surface area (Å²) in [5, 5.41) is 28.1. The van der Waals surface area contributed by atoms with Gasteiger partial charge in [-0.1, -0.05) is 0 Å². The molecule has 0 aliphatic carbocycles. The maximum absolute atomic E-state index is 10.8. The third-order valence-corrected chi connectivity index (χ3v) is 2.00. The SMILES string of the molecule is N#CCc1c(C#N)ccc(C=O)c1[N+](=O)[O-].